The molecule has 0 unspecified atom stereocenters. The number of para-hydroxylation sites is 1. The van der Waals surface area contributed by atoms with Gasteiger partial charge in [-0.15, -0.1) is 0 Å². The second kappa shape index (κ2) is 8.89. The van der Waals surface area contributed by atoms with Crippen LogP contribution in [0.4, 0.5) is 10.5 Å². The van der Waals surface area contributed by atoms with Gasteiger partial charge in [-0.1, -0.05) is 42.5 Å². The summed E-state index contributed by atoms with van der Waals surface area (Å²) in [4.78, 5) is 69.3. The van der Waals surface area contributed by atoms with Crippen LogP contribution >= 0.6 is 0 Å². The van der Waals surface area contributed by atoms with E-state index in [0.717, 1.165) is 12.0 Å². The first-order valence-electron chi connectivity index (χ1n) is 11.6. The molecule has 2 aliphatic rings. The van der Waals surface area contributed by atoms with Gasteiger partial charge in [-0.3, -0.25) is 19.2 Å². The Morgan fingerprint density at radius 2 is 1.61 bits per heavy atom. The second-order valence-corrected chi connectivity index (χ2v) is 9.59. The van der Waals surface area contributed by atoms with Crippen LogP contribution in [0.2, 0.25) is 0 Å². The van der Waals surface area contributed by atoms with Crippen molar-refractivity contribution in [2.24, 2.45) is 5.92 Å². The SMILES string of the molecule is CCOC(=O)[C@@H]1[C@@H](C(=O)OC)c2ccccc2C(=O)[C@@]12C(=O)N(C(=O)OC(C)(C)C)c1ccccc12. The summed E-state index contributed by atoms with van der Waals surface area (Å²) in [5, 5.41) is 0. The maximum Gasteiger partial charge on any atom is 0.421 e. The molecule has 0 saturated carbocycles. The number of anilines is 1. The number of Topliss-reactive ketones (excluding diaryl/α,β-unsaturated/α-hetero) is 1. The van der Waals surface area contributed by atoms with E-state index in [1.807, 2.05) is 0 Å². The second-order valence-electron chi connectivity index (χ2n) is 9.59. The summed E-state index contributed by atoms with van der Waals surface area (Å²) in [6.07, 6.45) is -0.999. The molecule has 9 nitrogen and oxygen atoms in total. The number of fused-ring (bicyclic) bond motifs is 3. The molecule has 1 spiro atoms. The minimum Gasteiger partial charge on any atom is -0.469 e. The van der Waals surface area contributed by atoms with Crippen LogP contribution in [0.3, 0.4) is 0 Å². The molecule has 9 heteroatoms. The predicted molar refractivity (Wildman–Crippen MR) is 127 cm³/mol. The molecule has 3 atom stereocenters. The van der Waals surface area contributed by atoms with E-state index in [1.54, 1.807) is 58.0 Å². The molecule has 4 rings (SSSR count). The molecule has 0 radical (unpaired) electrons. The number of nitrogens with zero attached hydrogens (tertiary/aromatic N) is 1. The van der Waals surface area contributed by atoms with Gasteiger partial charge in [-0.05, 0) is 39.3 Å². The van der Waals surface area contributed by atoms with Crippen LogP contribution in [0.25, 0.3) is 0 Å². The predicted octanol–water partition coefficient (Wildman–Crippen LogP) is 3.54. The number of carbonyl (C=O) groups is 5. The summed E-state index contributed by atoms with van der Waals surface area (Å²) < 4.78 is 15.8. The van der Waals surface area contributed by atoms with E-state index in [2.05, 4.69) is 0 Å². The van der Waals surface area contributed by atoms with Gasteiger partial charge >= 0.3 is 18.0 Å². The van der Waals surface area contributed by atoms with E-state index >= 15 is 0 Å². The highest BCUT2D eigenvalue weighted by Gasteiger charge is 2.70. The Balaban J connectivity index is 2.07. The van der Waals surface area contributed by atoms with E-state index in [0.29, 0.717) is 0 Å². The van der Waals surface area contributed by atoms with Crippen LogP contribution in [0, 0.1) is 5.92 Å². The molecule has 36 heavy (non-hydrogen) atoms. The van der Waals surface area contributed by atoms with Crippen LogP contribution in [0.5, 0.6) is 0 Å². The fourth-order valence-electron chi connectivity index (χ4n) is 5.10. The molecule has 0 bridgehead atoms. The minimum atomic E-state index is -2.24. The van der Waals surface area contributed by atoms with E-state index in [-0.39, 0.29) is 29.0 Å². The zero-order valence-electron chi connectivity index (χ0n) is 20.7. The van der Waals surface area contributed by atoms with Crippen molar-refractivity contribution in [1.82, 2.24) is 0 Å². The number of benzene rings is 2. The van der Waals surface area contributed by atoms with Crippen molar-refractivity contribution < 1.29 is 38.2 Å². The summed E-state index contributed by atoms with van der Waals surface area (Å²) in [6.45, 7) is 6.45. The molecule has 0 N–H and O–H groups in total. The molecule has 188 valence electrons. The number of esters is 2. The molecule has 2 aromatic rings. The highest BCUT2D eigenvalue weighted by molar-refractivity contribution is 6.35. The Hall–Kier alpha value is -4.01. The number of methoxy groups -OCH3 is 1. The standard InChI is InChI=1S/C27H27NO8/c1-6-35-23(31)20-19(22(30)34-5)15-11-7-8-12-16(15)21(29)27(20)17-13-9-10-14-18(17)28(24(27)32)25(33)36-26(2,3)4/h7-14,19-20H,6H2,1-5H3/t19-,20-,27-/m0/s1. The van der Waals surface area contributed by atoms with Gasteiger partial charge in [-0.2, -0.15) is 0 Å². The van der Waals surface area contributed by atoms with Gasteiger partial charge in [-0.25, -0.2) is 9.69 Å². The van der Waals surface area contributed by atoms with Crippen LogP contribution < -0.4 is 4.90 Å². The van der Waals surface area contributed by atoms with Crippen molar-refractivity contribution in [3.8, 4) is 0 Å². The van der Waals surface area contributed by atoms with Gasteiger partial charge in [0.25, 0.3) is 5.91 Å². The van der Waals surface area contributed by atoms with Crippen molar-refractivity contribution in [3.05, 3.63) is 65.2 Å². The average molecular weight is 494 g/mol. The van der Waals surface area contributed by atoms with Crippen LogP contribution in [0.15, 0.2) is 48.5 Å². The van der Waals surface area contributed by atoms with Crippen molar-refractivity contribution in [1.29, 1.82) is 0 Å². The minimum absolute atomic E-state index is 0.0548. The Morgan fingerprint density at radius 1 is 0.972 bits per heavy atom. The Bertz CT molecular complexity index is 1280. The molecular formula is C27H27NO8. The van der Waals surface area contributed by atoms with Crippen LogP contribution in [-0.2, 0) is 34.0 Å². The third-order valence-corrected chi connectivity index (χ3v) is 6.38. The normalized spacial score (nSPS) is 22.6. The number of hydrogen-bond acceptors (Lipinski definition) is 8. The quantitative estimate of drug-likeness (QED) is 0.362. The fraction of sp³-hybridized carbons (Fsp3) is 0.370. The summed E-state index contributed by atoms with van der Waals surface area (Å²) in [6, 6.07) is 12.4. The van der Waals surface area contributed by atoms with E-state index < -0.39 is 52.6 Å². The zero-order valence-corrected chi connectivity index (χ0v) is 20.7. The molecule has 2 amide bonds. The van der Waals surface area contributed by atoms with Gasteiger partial charge in [0.1, 0.15) is 11.5 Å². The molecule has 1 heterocycles. The average Bonchev–Trinajstić information content (AvgIpc) is 3.08. The van der Waals surface area contributed by atoms with E-state index in [9.17, 15) is 24.0 Å². The van der Waals surface area contributed by atoms with Gasteiger partial charge < -0.3 is 14.2 Å². The summed E-state index contributed by atoms with van der Waals surface area (Å²) in [5.41, 5.74) is -2.64. The Morgan fingerprint density at radius 3 is 2.25 bits per heavy atom. The lowest BCUT2D eigenvalue weighted by Crippen LogP contribution is -2.60. The first-order valence-corrected chi connectivity index (χ1v) is 11.6. The lowest BCUT2D eigenvalue weighted by Gasteiger charge is -2.41. The van der Waals surface area contributed by atoms with Gasteiger partial charge in [0.2, 0.25) is 0 Å². The number of ether oxygens (including phenoxy) is 3. The number of hydrogen-bond donors (Lipinski definition) is 0. The fourth-order valence-corrected chi connectivity index (χ4v) is 5.10. The van der Waals surface area contributed by atoms with Crippen molar-refractivity contribution in [2.75, 3.05) is 18.6 Å². The molecule has 2 aromatic carbocycles. The monoisotopic (exact) mass is 493 g/mol. The number of rotatable bonds is 3. The Labute approximate surface area is 208 Å². The third kappa shape index (κ3) is 3.57. The molecule has 0 saturated heterocycles. The van der Waals surface area contributed by atoms with Gasteiger partial charge in [0, 0.05) is 11.1 Å². The molecular weight excluding hydrogens is 466 g/mol. The highest BCUT2D eigenvalue weighted by Crippen LogP contribution is 2.56. The first kappa shape index (κ1) is 25.1. The third-order valence-electron chi connectivity index (χ3n) is 6.38. The maximum absolute atomic E-state index is 14.3. The van der Waals surface area contributed by atoms with Gasteiger partial charge in [0.05, 0.1) is 25.3 Å². The molecule has 0 fully saturated rings. The van der Waals surface area contributed by atoms with Crippen molar-refractivity contribution in [2.45, 2.75) is 44.6 Å². The number of carbonyl (C=O) groups excluding carboxylic acids is 5. The number of amides is 2. The lowest BCUT2D eigenvalue weighted by molar-refractivity contribution is -0.159. The van der Waals surface area contributed by atoms with Crippen LogP contribution in [-0.4, -0.2) is 49.0 Å². The van der Waals surface area contributed by atoms with Crippen molar-refractivity contribution >= 4 is 35.4 Å². The van der Waals surface area contributed by atoms with Crippen molar-refractivity contribution in [3.63, 3.8) is 0 Å². The maximum atomic E-state index is 14.3. The number of ketones is 1. The van der Waals surface area contributed by atoms with Crippen LogP contribution in [0.1, 0.15) is 55.1 Å². The summed E-state index contributed by atoms with van der Waals surface area (Å²) in [5.74, 6) is -6.38. The Kier molecular flexibility index (Phi) is 6.20. The zero-order chi connectivity index (χ0) is 26.4. The van der Waals surface area contributed by atoms with Gasteiger partial charge in [0.15, 0.2) is 11.2 Å². The van der Waals surface area contributed by atoms with E-state index in [4.69, 9.17) is 14.2 Å². The summed E-state index contributed by atoms with van der Waals surface area (Å²) in [7, 11) is 1.16. The number of imide groups is 1. The smallest absolute Gasteiger partial charge is 0.421 e. The largest absolute Gasteiger partial charge is 0.469 e. The molecule has 0 aromatic heterocycles. The lowest BCUT2D eigenvalue weighted by atomic mass is 9.56. The van der Waals surface area contributed by atoms with E-state index in [1.165, 1.54) is 18.2 Å². The highest BCUT2D eigenvalue weighted by atomic mass is 16.6. The first-order chi connectivity index (χ1) is 17.0. The summed E-state index contributed by atoms with van der Waals surface area (Å²) >= 11 is 0. The topological polar surface area (TPSA) is 116 Å². The molecule has 1 aliphatic carbocycles. The molecule has 1 aliphatic heterocycles.